The van der Waals surface area contributed by atoms with Crippen molar-refractivity contribution < 1.29 is 27.4 Å². The number of halogens is 3. The topological polar surface area (TPSA) is 48.4 Å². The van der Waals surface area contributed by atoms with Crippen LogP contribution in [0.15, 0.2) is 54.9 Å². The van der Waals surface area contributed by atoms with E-state index in [2.05, 4.69) is 11.6 Å². The van der Waals surface area contributed by atoms with Crippen LogP contribution >= 0.6 is 0 Å². The fourth-order valence-electron chi connectivity index (χ4n) is 1.61. The lowest BCUT2D eigenvalue weighted by Gasteiger charge is -2.15. The number of hydrogen-bond donors (Lipinski definition) is 0. The van der Waals surface area contributed by atoms with Gasteiger partial charge in [-0.3, -0.25) is 4.98 Å². The van der Waals surface area contributed by atoms with Crippen LogP contribution in [0.25, 0.3) is 0 Å². The standard InChI is InChI=1S/C16H12F3NO3/c1-10(2)15(21)23-11-5-6-14(13(8-11)16(17,18)19)22-12-4-3-7-20-9-12/h3-9H,1H2,2H3. The molecule has 7 heteroatoms. The lowest BCUT2D eigenvalue weighted by Crippen LogP contribution is -2.11. The second-order valence-corrected chi connectivity index (χ2v) is 4.62. The van der Waals surface area contributed by atoms with Gasteiger partial charge >= 0.3 is 12.1 Å². The molecule has 2 rings (SSSR count). The highest BCUT2D eigenvalue weighted by Gasteiger charge is 2.35. The zero-order valence-corrected chi connectivity index (χ0v) is 12.1. The van der Waals surface area contributed by atoms with Gasteiger partial charge in [0.2, 0.25) is 0 Å². The molecule has 4 nitrogen and oxygen atoms in total. The molecule has 0 spiro atoms. The molecule has 1 aromatic heterocycles. The molecule has 0 unspecified atom stereocenters. The quantitative estimate of drug-likeness (QED) is 0.476. The van der Waals surface area contributed by atoms with E-state index in [-0.39, 0.29) is 17.1 Å². The average molecular weight is 323 g/mol. The van der Waals surface area contributed by atoms with E-state index in [0.717, 1.165) is 6.07 Å². The Morgan fingerprint density at radius 1 is 1.22 bits per heavy atom. The minimum absolute atomic E-state index is 0.0780. The number of benzene rings is 1. The van der Waals surface area contributed by atoms with Crippen LogP contribution < -0.4 is 9.47 Å². The number of pyridine rings is 1. The van der Waals surface area contributed by atoms with Gasteiger partial charge < -0.3 is 9.47 Å². The molecule has 0 saturated heterocycles. The molecule has 0 aliphatic rings. The SMILES string of the molecule is C=C(C)C(=O)Oc1ccc(Oc2cccnc2)c(C(F)(F)F)c1. The Labute approximate surface area is 130 Å². The number of carbonyl (C=O) groups is 1. The van der Waals surface area contributed by atoms with Crippen LogP contribution in [0.2, 0.25) is 0 Å². The van der Waals surface area contributed by atoms with Crippen molar-refractivity contribution in [1.29, 1.82) is 0 Å². The molecule has 2 aromatic rings. The maximum absolute atomic E-state index is 13.2. The smallest absolute Gasteiger partial charge is 0.420 e. The summed E-state index contributed by atoms with van der Waals surface area (Å²) in [6.45, 7) is 4.76. The molecule has 0 aliphatic heterocycles. The highest BCUT2D eigenvalue weighted by molar-refractivity contribution is 5.88. The van der Waals surface area contributed by atoms with Crippen LogP contribution in [0.3, 0.4) is 0 Å². The molecular formula is C16H12F3NO3. The third kappa shape index (κ3) is 4.32. The van der Waals surface area contributed by atoms with E-state index >= 15 is 0 Å². The molecule has 0 amide bonds. The number of ether oxygens (including phenoxy) is 2. The number of carbonyl (C=O) groups excluding carboxylic acids is 1. The van der Waals surface area contributed by atoms with Crippen LogP contribution in [-0.2, 0) is 11.0 Å². The van der Waals surface area contributed by atoms with E-state index in [1.165, 1.54) is 37.5 Å². The number of alkyl halides is 3. The number of hydrogen-bond acceptors (Lipinski definition) is 4. The molecule has 0 aliphatic carbocycles. The van der Waals surface area contributed by atoms with Crippen molar-refractivity contribution in [3.8, 4) is 17.2 Å². The fourth-order valence-corrected chi connectivity index (χ4v) is 1.61. The van der Waals surface area contributed by atoms with Crippen molar-refractivity contribution in [2.24, 2.45) is 0 Å². The normalized spacial score (nSPS) is 11.0. The van der Waals surface area contributed by atoms with Gasteiger partial charge in [0.15, 0.2) is 0 Å². The monoisotopic (exact) mass is 323 g/mol. The summed E-state index contributed by atoms with van der Waals surface area (Å²) in [6.07, 6.45) is -1.92. The molecule has 0 bridgehead atoms. The van der Waals surface area contributed by atoms with Crippen molar-refractivity contribution in [3.63, 3.8) is 0 Å². The zero-order valence-electron chi connectivity index (χ0n) is 12.1. The Morgan fingerprint density at radius 3 is 2.52 bits per heavy atom. The maximum atomic E-state index is 13.2. The van der Waals surface area contributed by atoms with E-state index in [1.807, 2.05) is 0 Å². The Hall–Kier alpha value is -2.83. The Kier molecular flexibility index (Phi) is 4.68. The lowest BCUT2D eigenvalue weighted by molar-refractivity contribution is -0.139. The summed E-state index contributed by atoms with van der Waals surface area (Å²) in [5.74, 6) is -1.31. The van der Waals surface area contributed by atoms with Crippen molar-refractivity contribution in [1.82, 2.24) is 4.98 Å². The predicted octanol–water partition coefficient (Wildman–Crippen LogP) is 4.37. The molecule has 0 saturated carbocycles. The molecule has 120 valence electrons. The van der Waals surface area contributed by atoms with Crippen LogP contribution in [0.1, 0.15) is 12.5 Å². The van der Waals surface area contributed by atoms with E-state index in [1.54, 1.807) is 0 Å². The Balaban J connectivity index is 2.35. The highest BCUT2D eigenvalue weighted by Crippen LogP contribution is 2.40. The van der Waals surface area contributed by atoms with Crippen LogP contribution in [-0.4, -0.2) is 11.0 Å². The van der Waals surface area contributed by atoms with Gasteiger partial charge in [0.05, 0.1) is 6.20 Å². The van der Waals surface area contributed by atoms with E-state index in [4.69, 9.17) is 9.47 Å². The van der Waals surface area contributed by atoms with E-state index < -0.39 is 23.5 Å². The van der Waals surface area contributed by atoms with Gasteiger partial charge in [-0.2, -0.15) is 13.2 Å². The Bertz CT molecular complexity index is 727. The van der Waals surface area contributed by atoms with Gasteiger partial charge in [0.25, 0.3) is 0 Å². The highest BCUT2D eigenvalue weighted by atomic mass is 19.4. The first kappa shape index (κ1) is 16.5. The number of esters is 1. The van der Waals surface area contributed by atoms with Gasteiger partial charge in [-0.05, 0) is 37.3 Å². The molecule has 0 N–H and O–H groups in total. The van der Waals surface area contributed by atoms with Crippen molar-refractivity contribution in [3.05, 3.63) is 60.4 Å². The Morgan fingerprint density at radius 2 is 1.96 bits per heavy atom. The van der Waals surface area contributed by atoms with Crippen molar-refractivity contribution in [2.75, 3.05) is 0 Å². The van der Waals surface area contributed by atoms with E-state index in [0.29, 0.717) is 6.07 Å². The number of rotatable bonds is 4. The van der Waals surface area contributed by atoms with Crippen molar-refractivity contribution in [2.45, 2.75) is 13.1 Å². The largest absolute Gasteiger partial charge is 0.455 e. The third-order valence-electron chi connectivity index (χ3n) is 2.68. The van der Waals surface area contributed by atoms with Gasteiger partial charge in [-0.25, -0.2) is 4.79 Å². The molecule has 0 atom stereocenters. The van der Waals surface area contributed by atoms with Gasteiger partial charge in [0, 0.05) is 11.8 Å². The average Bonchev–Trinajstić information content (AvgIpc) is 2.48. The fraction of sp³-hybridized carbons (Fsp3) is 0.125. The molecule has 0 fully saturated rings. The molecule has 1 aromatic carbocycles. The summed E-state index contributed by atoms with van der Waals surface area (Å²) >= 11 is 0. The van der Waals surface area contributed by atoms with Crippen molar-refractivity contribution >= 4 is 5.97 Å². The third-order valence-corrected chi connectivity index (χ3v) is 2.68. The minimum Gasteiger partial charge on any atom is -0.455 e. The lowest BCUT2D eigenvalue weighted by atomic mass is 10.2. The summed E-state index contributed by atoms with van der Waals surface area (Å²) in [6, 6.07) is 6.00. The minimum atomic E-state index is -4.68. The molecular weight excluding hydrogens is 311 g/mol. The summed E-state index contributed by atoms with van der Waals surface area (Å²) in [5.41, 5.74) is -0.984. The predicted molar refractivity (Wildman–Crippen MR) is 76.2 cm³/mol. The summed E-state index contributed by atoms with van der Waals surface area (Å²) in [7, 11) is 0. The molecule has 23 heavy (non-hydrogen) atoms. The molecule has 0 radical (unpaired) electrons. The van der Waals surface area contributed by atoms with Gasteiger partial charge in [-0.15, -0.1) is 0 Å². The molecule has 1 heterocycles. The zero-order chi connectivity index (χ0) is 17.0. The number of nitrogens with zero attached hydrogens (tertiary/aromatic N) is 1. The summed E-state index contributed by atoms with van der Waals surface area (Å²) in [4.78, 5) is 15.2. The first-order chi connectivity index (χ1) is 10.8. The summed E-state index contributed by atoms with van der Waals surface area (Å²) < 4.78 is 49.5. The second-order valence-electron chi connectivity index (χ2n) is 4.62. The van der Waals surface area contributed by atoms with Crippen LogP contribution in [0.4, 0.5) is 13.2 Å². The number of aromatic nitrogens is 1. The van der Waals surface area contributed by atoms with E-state index in [9.17, 15) is 18.0 Å². The summed E-state index contributed by atoms with van der Waals surface area (Å²) in [5, 5.41) is 0. The second kappa shape index (κ2) is 6.51. The first-order valence-corrected chi connectivity index (χ1v) is 6.44. The van der Waals surface area contributed by atoms with Crippen LogP contribution in [0, 0.1) is 0 Å². The maximum Gasteiger partial charge on any atom is 0.420 e. The van der Waals surface area contributed by atoms with Gasteiger partial charge in [-0.1, -0.05) is 6.58 Å². The van der Waals surface area contributed by atoms with Crippen LogP contribution in [0.5, 0.6) is 17.2 Å². The van der Waals surface area contributed by atoms with Gasteiger partial charge in [0.1, 0.15) is 22.8 Å². The first-order valence-electron chi connectivity index (χ1n) is 6.44.